The molecule has 1 amide bonds. The van der Waals surface area contributed by atoms with Gasteiger partial charge in [0, 0.05) is 12.1 Å². The average molecular weight is 379 g/mol. The van der Waals surface area contributed by atoms with E-state index in [1.165, 1.54) is 19.2 Å². The van der Waals surface area contributed by atoms with Gasteiger partial charge in [0.2, 0.25) is 5.91 Å². The van der Waals surface area contributed by atoms with Gasteiger partial charge in [0.1, 0.15) is 5.82 Å². The summed E-state index contributed by atoms with van der Waals surface area (Å²) in [4.78, 5) is 25.3. The zero-order chi connectivity index (χ0) is 20.1. The van der Waals surface area contributed by atoms with Gasteiger partial charge < -0.3 is 9.64 Å². The second kappa shape index (κ2) is 8.65. The van der Waals surface area contributed by atoms with E-state index in [1.54, 1.807) is 23.1 Å². The molecule has 4 nitrogen and oxygen atoms in total. The number of carbonyl (C=O) groups excluding carboxylic acids is 2. The maximum absolute atomic E-state index is 13.2. The van der Waals surface area contributed by atoms with Crippen LogP contribution in [0.2, 0.25) is 0 Å². The highest BCUT2D eigenvalue weighted by molar-refractivity contribution is 6.04. The minimum absolute atomic E-state index is 0.0432. The van der Waals surface area contributed by atoms with Crippen molar-refractivity contribution in [2.45, 2.75) is 18.9 Å². The molecule has 2 atom stereocenters. The molecular formula is C23H22FNO3. The van der Waals surface area contributed by atoms with Crippen molar-refractivity contribution in [1.29, 1.82) is 0 Å². The third kappa shape index (κ3) is 4.03. The van der Waals surface area contributed by atoms with Crippen LogP contribution >= 0.6 is 0 Å². The molecule has 144 valence electrons. The van der Waals surface area contributed by atoms with Crippen LogP contribution in [0, 0.1) is 11.7 Å². The number of ether oxygens (including phenoxy) is 1. The molecule has 0 bridgehead atoms. The number of allylic oxidation sites excluding steroid dienone is 1. The smallest absolute Gasteiger partial charge is 0.305 e. The normalized spacial score (nSPS) is 18.8. The van der Waals surface area contributed by atoms with Crippen molar-refractivity contribution in [3.05, 3.63) is 84.2 Å². The Labute approximate surface area is 163 Å². The highest BCUT2D eigenvalue weighted by Crippen LogP contribution is 2.44. The van der Waals surface area contributed by atoms with Crippen LogP contribution in [-0.4, -0.2) is 19.0 Å². The van der Waals surface area contributed by atoms with Crippen molar-refractivity contribution in [3.8, 4) is 0 Å². The number of rotatable bonds is 7. The average Bonchev–Trinajstić information content (AvgIpc) is 2.71. The Morgan fingerprint density at radius 1 is 1.18 bits per heavy atom. The van der Waals surface area contributed by atoms with E-state index in [4.69, 9.17) is 0 Å². The molecule has 0 aromatic heterocycles. The molecule has 5 heteroatoms. The first kappa shape index (κ1) is 19.5. The lowest BCUT2D eigenvalue weighted by Crippen LogP contribution is -2.54. The minimum Gasteiger partial charge on any atom is -0.469 e. The van der Waals surface area contributed by atoms with Gasteiger partial charge in [-0.1, -0.05) is 42.5 Å². The third-order valence-electron chi connectivity index (χ3n) is 4.83. The third-order valence-corrected chi connectivity index (χ3v) is 4.83. The van der Waals surface area contributed by atoms with E-state index < -0.39 is 0 Å². The molecule has 1 aliphatic rings. The summed E-state index contributed by atoms with van der Waals surface area (Å²) in [5.41, 5.74) is 2.66. The van der Waals surface area contributed by atoms with Gasteiger partial charge in [-0.3, -0.25) is 9.59 Å². The zero-order valence-corrected chi connectivity index (χ0v) is 15.7. The number of methoxy groups -OCH3 is 1. The predicted octanol–water partition coefficient (Wildman–Crippen LogP) is 4.68. The first-order valence-corrected chi connectivity index (χ1v) is 9.09. The second-order valence-corrected chi connectivity index (χ2v) is 6.57. The Bertz CT molecular complexity index is 887. The van der Waals surface area contributed by atoms with E-state index >= 15 is 0 Å². The van der Waals surface area contributed by atoms with Crippen LogP contribution < -0.4 is 4.90 Å². The lowest BCUT2D eigenvalue weighted by molar-refractivity contribution is -0.140. The predicted molar refractivity (Wildman–Crippen MR) is 107 cm³/mol. The molecule has 0 unspecified atom stereocenters. The maximum atomic E-state index is 13.2. The van der Waals surface area contributed by atoms with Gasteiger partial charge in [-0.25, -0.2) is 4.39 Å². The van der Waals surface area contributed by atoms with Crippen LogP contribution in [0.3, 0.4) is 0 Å². The molecule has 1 fully saturated rings. The molecule has 1 aliphatic heterocycles. The first-order valence-electron chi connectivity index (χ1n) is 9.09. The van der Waals surface area contributed by atoms with Crippen molar-refractivity contribution in [3.63, 3.8) is 0 Å². The summed E-state index contributed by atoms with van der Waals surface area (Å²) < 4.78 is 17.8. The number of hydrogen-bond acceptors (Lipinski definition) is 3. The highest BCUT2D eigenvalue weighted by atomic mass is 19.1. The summed E-state index contributed by atoms with van der Waals surface area (Å²) in [6.07, 6.45) is 6.50. The number of benzene rings is 2. The van der Waals surface area contributed by atoms with Gasteiger partial charge in [0.05, 0.1) is 19.1 Å². The van der Waals surface area contributed by atoms with Crippen LogP contribution in [0.1, 0.15) is 30.0 Å². The van der Waals surface area contributed by atoms with Crippen LogP contribution in [0.5, 0.6) is 0 Å². The minimum atomic E-state index is -0.336. The lowest BCUT2D eigenvalue weighted by atomic mass is 9.81. The number of hydrogen-bond donors (Lipinski definition) is 0. The number of nitrogens with zero attached hydrogens (tertiary/aromatic N) is 1. The van der Waals surface area contributed by atoms with E-state index in [2.05, 4.69) is 11.3 Å². The zero-order valence-electron chi connectivity index (χ0n) is 15.7. The van der Waals surface area contributed by atoms with Crippen molar-refractivity contribution < 1.29 is 18.7 Å². The van der Waals surface area contributed by atoms with E-state index in [-0.39, 0.29) is 29.7 Å². The molecule has 0 radical (unpaired) electrons. The number of esters is 1. The Morgan fingerprint density at radius 2 is 1.86 bits per heavy atom. The number of carbonyl (C=O) groups is 2. The molecular weight excluding hydrogens is 357 g/mol. The molecule has 0 spiro atoms. The fourth-order valence-electron chi connectivity index (χ4n) is 3.31. The number of amides is 1. The molecule has 0 saturated carbocycles. The maximum Gasteiger partial charge on any atom is 0.305 e. The van der Waals surface area contributed by atoms with Crippen molar-refractivity contribution in [2.24, 2.45) is 5.92 Å². The molecule has 28 heavy (non-hydrogen) atoms. The summed E-state index contributed by atoms with van der Waals surface area (Å²) in [5.74, 6) is -0.909. The molecule has 2 aromatic rings. The largest absolute Gasteiger partial charge is 0.469 e. The van der Waals surface area contributed by atoms with E-state index in [1.807, 2.05) is 36.4 Å². The Hall–Kier alpha value is -3.21. The van der Waals surface area contributed by atoms with Crippen LogP contribution in [0.25, 0.3) is 6.08 Å². The van der Waals surface area contributed by atoms with Crippen molar-refractivity contribution >= 4 is 23.6 Å². The summed E-state index contributed by atoms with van der Waals surface area (Å²) in [6, 6.07) is 13.6. The quantitative estimate of drug-likeness (QED) is 0.399. The van der Waals surface area contributed by atoms with Gasteiger partial charge in [0.15, 0.2) is 0 Å². The molecule has 2 aromatic carbocycles. The fraction of sp³-hybridized carbons (Fsp3) is 0.217. The molecule has 1 heterocycles. The molecule has 0 aliphatic carbocycles. The Morgan fingerprint density at radius 3 is 2.46 bits per heavy atom. The molecule has 1 saturated heterocycles. The van der Waals surface area contributed by atoms with Gasteiger partial charge in [-0.15, -0.1) is 6.58 Å². The van der Waals surface area contributed by atoms with E-state index in [9.17, 15) is 14.0 Å². The lowest BCUT2D eigenvalue weighted by Gasteiger charge is -2.46. The Kier molecular flexibility index (Phi) is 6.04. The summed E-state index contributed by atoms with van der Waals surface area (Å²) in [7, 11) is 1.38. The molecule has 3 rings (SSSR count). The summed E-state index contributed by atoms with van der Waals surface area (Å²) in [5, 5.41) is 0. The SMILES string of the molecule is C=C[C@H]1C(=O)N(c2ccc(F)cc2)[C@@H]1c1ccc(/C=C/CCC(=O)OC)cc1. The number of anilines is 1. The number of β-lactam (4-membered cyclic amide) rings is 1. The van der Waals surface area contributed by atoms with Crippen molar-refractivity contribution in [2.75, 3.05) is 12.0 Å². The Balaban J connectivity index is 1.74. The summed E-state index contributed by atoms with van der Waals surface area (Å²) >= 11 is 0. The first-order chi connectivity index (χ1) is 13.5. The standard InChI is InChI=1S/C23H22FNO3/c1-3-20-22(25(23(20)27)19-14-12-18(24)13-15-19)17-10-8-16(9-11-17)6-4-5-7-21(26)28-2/h3-4,6,8-15,20,22H,1,5,7H2,2H3/b6-4+/t20-,22-/m1/s1. The fourth-order valence-corrected chi connectivity index (χ4v) is 3.31. The van der Waals surface area contributed by atoms with Crippen LogP contribution in [0.4, 0.5) is 10.1 Å². The van der Waals surface area contributed by atoms with Crippen LogP contribution in [-0.2, 0) is 14.3 Å². The van der Waals surface area contributed by atoms with Gasteiger partial charge in [-0.05, 0) is 41.8 Å². The monoisotopic (exact) mass is 379 g/mol. The number of halogens is 1. The molecule has 0 N–H and O–H groups in total. The highest BCUT2D eigenvalue weighted by Gasteiger charge is 2.46. The summed E-state index contributed by atoms with van der Waals surface area (Å²) in [6.45, 7) is 3.78. The van der Waals surface area contributed by atoms with E-state index in [0.717, 1.165) is 11.1 Å². The topological polar surface area (TPSA) is 46.6 Å². The van der Waals surface area contributed by atoms with E-state index in [0.29, 0.717) is 18.5 Å². The van der Waals surface area contributed by atoms with Gasteiger partial charge in [0.25, 0.3) is 0 Å². The van der Waals surface area contributed by atoms with Crippen molar-refractivity contribution in [1.82, 2.24) is 0 Å². The van der Waals surface area contributed by atoms with Gasteiger partial charge in [-0.2, -0.15) is 0 Å². The second-order valence-electron chi connectivity index (χ2n) is 6.57. The van der Waals surface area contributed by atoms with Crippen LogP contribution in [0.15, 0.2) is 67.3 Å². The van der Waals surface area contributed by atoms with Gasteiger partial charge >= 0.3 is 5.97 Å².